The summed E-state index contributed by atoms with van der Waals surface area (Å²) in [7, 11) is 0. The monoisotopic (exact) mass is 449 g/mol. The summed E-state index contributed by atoms with van der Waals surface area (Å²) < 4.78 is 60.4. The van der Waals surface area contributed by atoms with Crippen LogP contribution in [-0.2, 0) is 0 Å². The number of halogens is 4. The zero-order valence-corrected chi connectivity index (χ0v) is 16.3. The number of aryl methyl sites for hydroxylation is 1. The standard InChI is InChI=1S/C20H15F4N5O3/c1-9-8-25-19(27-10-2-4-14(31-18(23)24)12(6-10)16(21)22)29-17(9)26-11-3-5-15-13(7-11)28-20(30)32-15/h2-8,16,18H,1H3,(H,28,30)(H2,25,26,27,29). The first-order chi connectivity index (χ1) is 15.3. The first kappa shape index (κ1) is 21.2. The Hall–Kier alpha value is -4.09. The number of H-pyrrole nitrogens is 1. The minimum atomic E-state index is -3.22. The fourth-order valence-electron chi connectivity index (χ4n) is 2.92. The number of hydrogen-bond donors (Lipinski definition) is 3. The number of anilines is 4. The topological polar surface area (TPSA) is 105 Å². The lowest BCUT2D eigenvalue weighted by atomic mass is 10.2. The smallest absolute Gasteiger partial charge is 0.417 e. The first-order valence-electron chi connectivity index (χ1n) is 9.16. The molecule has 0 radical (unpaired) electrons. The van der Waals surface area contributed by atoms with Crippen molar-refractivity contribution in [2.45, 2.75) is 20.0 Å². The van der Waals surface area contributed by atoms with Gasteiger partial charge in [0, 0.05) is 23.1 Å². The molecule has 0 unspecified atom stereocenters. The predicted octanol–water partition coefficient (Wildman–Crippen LogP) is 5.25. The number of alkyl halides is 4. The second kappa shape index (κ2) is 8.57. The molecule has 4 aromatic rings. The van der Waals surface area contributed by atoms with Crippen molar-refractivity contribution in [1.29, 1.82) is 0 Å². The number of nitrogens with one attached hydrogen (secondary N) is 3. The van der Waals surface area contributed by atoms with E-state index in [1.165, 1.54) is 12.3 Å². The van der Waals surface area contributed by atoms with Gasteiger partial charge in [-0.3, -0.25) is 4.98 Å². The molecule has 0 atom stereocenters. The van der Waals surface area contributed by atoms with Gasteiger partial charge in [-0.25, -0.2) is 18.6 Å². The van der Waals surface area contributed by atoms with Crippen LogP contribution in [0.5, 0.6) is 5.75 Å². The van der Waals surface area contributed by atoms with Gasteiger partial charge < -0.3 is 19.8 Å². The van der Waals surface area contributed by atoms with E-state index in [1.54, 1.807) is 25.1 Å². The van der Waals surface area contributed by atoms with Crippen LogP contribution in [0.25, 0.3) is 11.1 Å². The molecule has 166 valence electrons. The summed E-state index contributed by atoms with van der Waals surface area (Å²) in [6, 6.07) is 8.26. The maximum absolute atomic E-state index is 13.2. The molecule has 12 heteroatoms. The minimum absolute atomic E-state index is 0.0821. The molecule has 4 rings (SSSR count). The third-order valence-corrected chi connectivity index (χ3v) is 4.37. The lowest BCUT2D eigenvalue weighted by Crippen LogP contribution is -2.06. The molecule has 0 fully saturated rings. The highest BCUT2D eigenvalue weighted by Gasteiger charge is 2.18. The summed E-state index contributed by atoms with van der Waals surface area (Å²) in [6.07, 6.45) is -1.51. The number of aromatic nitrogens is 3. The van der Waals surface area contributed by atoms with Gasteiger partial charge in [0.05, 0.1) is 11.1 Å². The third kappa shape index (κ3) is 4.63. The number of aromatic amines is 1. The van der Waals surface area contributed by atoms with E-state index in [0.29, 0.717) is 28.2 Å². The molecule has 8 nitrogen and oxygen atoms in total. The van der Waals surface area contributed by atoms with E-state index in [0.717, 1.165) is 12.1 Å². The van der Waals surface area contributed by atoms with Gasteiger partial charge in [-0.05, 0) is 43.3 Å². The summed E-state index contributed by atoms with van der Waals surface area (Å²) in [5.41, 5.74) is 1.66. The van der Waals surface area contributed by atoms with Crippen molar-refractivity contribution in [3.63, 3.8) is 0 Å². The molecule has 3 N–H and O–H groups in total. The zero-order chi connectivity index (χ0) is 22.8. The summed E-state index contributed by atoms with van der Waals surface area (Å²) in [5, 5.41) is 5.85. The Morgan fingerprint density at radius 2 is 1.81 bits per heavy atom. The van der Waals surface area contributed by atoms with Gasteiger partial charge in [-0.15, -0.1) is 0 Å². The van der Waals surface area contributed by atoms with Crippen LogP contribution in [0.3, 0.4) is 0 Å². The van der Waals surface area contributed by atoms with E-state index in [4.69, 9.17) is 4.42 Å². The van der Waals surface area contributed by atoms with Crippen LogP contribution < -0.4 is 21.1 Å². The Morgan fingerprint density at radius 3 is 2.56 bits per heavy atom. The Morgan fingerprint density at radius 1 is 1.06 bits per heavy atom. The van der Waals surface area contributed by atoms with Crippen LogP contribution >= 0.6 is 0 Å². The van der Waals surface area contributed by atoms with Crippen LogP contribution in [0.4, 0.5) is 40.7 Å². The maximum Gasteiger partial charge on any atom is 0.417 e. The molecule has 0 amide bonds. The molecule has 0 saturated carbocycles. The molecule has 0 aliphatic carbocycles. The number of nitrogens with zero attached hydrogens (tertiary/aromatic N) is 2. The molecule has 0 spiro atoms. The number of oxazole rings is 1. The molecule has 2 heterocycles. The summed E-state index contributed by atoms with van der Waals surface area (Å²) >= 11 is 0. The fourth-order valence-corrected chi connectivity index (χ4v) is 2.92. The highest BCUT2D eigenvalue weighted by atomic mass is 19.3. The van der Waals surface area contributed by atoms with E-state index < -0.39 is 30.1 Å². The minimum Gasteiger partial charge on any atom is -0.434 e. The number of benzene rings is 2. The Balaban J connectivity index is 1.58. The van der Waals surface area contributed by atoms with E-state index in [2.05, 4.69) is 30.3 Å². The van der Waals surface area contributed by atoms with Crippen molar-refractivity contribution in [1.82, 2.24) is 15.0 Å². The van der Waals surface area contributed by atoms with E-state index >= 15 is 0 Å². The molecule has 2 aromatic heterocycles. The van der Waals surface area contributed by atoms with E-state index in [-0.39, 0.29) is 11.6 Å². The largest absolute Gasteiger partial charge is 0.434 e. The average molecular weight is 449 g/mol. The molecule has 0 aliphatic rings. The highest BCUT2D eigenvalue weighted by Crippen LogP contribution is 2.33. The van der Waals surface area contributed by atoms with Crippen molar-refractivity contribution in [2.75, 3.05) is 10.6 Å². The van der Waals surface area contributed by atoms with Gasteiger partial charge in [0.25, 0.3) is 6.43 Å². The van der Waals surface area contributed by atoms with Gasteiger partial charge in [0.1, 0.15) is 11.6 Å². The number of ether oxygens (including phenoxy) is 1. The van der Waals surface area contributed by atoms with Crippen molar-refractivity contribution < 1.29 is 26.7 Å². The van der Waals surface area contributed by atoms with Crippen molar-refractivity contribution in [2.24, 2.45) is 0 Å². The molecular weight excluding hydrogens is 434 g/mol. The summed E-state index contributed by atoms with van der Waals surface area (Å²) in [5.74, 6) is -0.687. The molecule has 0 aliphatic heterocycles. The molecular formula is C20H15F4N5O3. The zero-order valence-electron chi connectivity index (χ0n) is 16.3. The van der Waals surface area contributed by atoms with Gasteiger partial charge in [0.2, 0.25) is 5.95 Å². The fraction of sp³-hybridized carbons (Fsp3) is 0.150. The summed E-state index contributed by atoms with van der Waals surface area (Å²) in [6.45, 7) is -1.46. The van der Waals surface area contributed by atoms with Crippen LogP contribution in [0.1, 0.15) is 17.6 Å². The Bertz CT molecular complexity index is 1320. The molecule has 0 bridgehead atoms. The van der Waals surface area contributed by atoms with Gasteiger partial charge in [0.15, 0.2) is 5.58 Å². The van der Waals surface area contributed by atoms with E-state index in [1.807, 2.05) is 0 Å². The van der Waals surface area contributed by atoms with Crippen LogP contribution in [0.2, 0.25) is 0 Å². The molecule has 32 heavy (non-hydrogen) atoms. The maximum atomic E-state index is 13.2. The van der Waals surface area contributed by atoms with Crippen LogP contribution in [0.15, 0.2) is 51.8 Å². The highest BCUT2D eigenvalue weighted by molar-refractivity contribution is 5.78. The normalized spacial score (nSPS) is 11.3. The SMILES string of the molecule is Cc1cnc(Nc2ccc(OC(F)F)c(C(F)F)c2)nc1Nc1ccc2oc(=O)[nH]c2c1. The molecule has 0 saturated heterocycles. The lowest BCUT2D eigenvalue weighted by Gasteiger charge is -2.14. The number of fused-ring (bicyclic) bond motifs is 1. The average Bonchev–Trinajstić information content (AvgIpc) is 3.10. The Kier molecular flexibility index (Phi) is 5.67. The summed E-state index contributed by atoms with van der Waals surface area (Å²) in [4.78, 5) is 22.3. The van der Waals surface area contributed by atoms with Crippen molar-refractivity contribution >= 4 is 34.2 Å². The van der Waals surface area contributed by atoms with Crippen LogP contribution in [0, 0.1) is 6.92 Å². The number of hydrogen-bond acceptors (Lipinski definition) is 7. The third-order valence-electron chi connectivity index (χ3n) is 4.37. The first-order valence-corrected chi connectivity index (χ1v) is 9.16. The van der Waals surface area contributed by atoms with Crippen LogP contribution in [-0.4, -0.2) is 21.6 Å². The second-order valence-electron chi connectivity index (χ2n) is 6.63. The Labute approximate surface area is 177 Å². The predicted molar refractivity (Wildman–Crippen MR) is 108 cm³/mol. The van der Waals surface area contributed by atoms with Gasteiger partial charge >= 0.3 is 12.4 Å². The van der Waals surface area contributed by atoms with E-state index in [9.17, 15) is 22.4 Å². The second-order valence-corrected chi connectivity index (χ2v) is 6.63. The van der Waals surface area contributed by atoms with Crippen molar-refractivity contribution in [3.8, 4) is 5.75 Å². The number of rotatable bonds is 7. The molecule has 2 aromatic carbocycles. The van der Waals surface area contributed by atoms with Gasteiger partial charge in [-0.1, -0.05) is 0 Å². The lowest BCUT2D eigenvalue weighted by molar-refractivity contribution is -0.0519. The quantitative estimate of drug-likeness (QED) is 0.331. The van der Waals surface area contributed by atoms with Gasteiger partial charge in [-0.2, -0.15) is 13.8 Å². The van der Waals surface area contributed by atoms with Crippen molar-refractivity contribution in [3.05, 3.63) is 64.3 Å².